The third kappa shape index (κ3) is 5.56. The van der Waals surface area contributed by atoms with Gasteiger partial charge in [0.2, 0.25) is 0 Å². The van der Waals surface area contributed by atoms with Crippen LogP contribution in [0.5, 0.6) is 0 Å². The van der Waals surface area contributed by atoms with E-state index in [4.69, 9.17) is 9.47 Å². The molecule has 0 aliphatic carbocycles. The average molecular weight is 405 g/mol. The molecule has 0 radical (unpaired) electrons. The van der Waals surface area contributed by atoms with Gasteiger partial charge < -0.3 is 37.9 Å². The van der Waals surface area contributed by atoms with Crippen LogP contribution < -0.4 is 24.0 Å². The van der Waals surface area contributed by atoms with Gasteiger partial charge in [-0.1, -0.05) is 24.3 Å². The highest BCUT2D eigenvalue weighted by molar-refractivity contribution is 5.77. The summed E-state index contributed by atoms with van der Waals surface area (Å²) in [6, 6.07) is 7.93. The number of benzene rings is 1. The van der Waals surface area contributed by atoms with Gasteiger partial charge in [0.05, 0.1) is 40.9 Å². The van der Waals surface area contributed by atoms with Crippen molar-refractivity contribution in [1.29, 1.82) is 0 Å². The van der Waals surface area contributed by atoms with Crippen LogP contribution in [-0.4, -0.2) is 51.4 Å². The zero-order valence-corrected chi connectivity index (χ0v) is 15.1. The molecule has 5 heteroatoms. The molecule has 0 spiro atoms. The van der Waals surface area contributed by atoms with Crippen LogP contribution in [0.15, 0.2) is 24.3 Å². The van der Waals surface area contributed by atoms with Crippen molar-refractivity contribution in [3.63, 3.8) is 0 Å². The molecule has 0 saturated heterocycles. The average Bonchev–Trinajstić information content (AvgIpc) is 2.41. The Balaban J connectivity index is 0.00000220. The molecule has 1 atom stereocenters. The van der Waals surface area contributed by atoms with Crippen LogP contribution in [-0.2, 0) is 20.7 Å². The molecular weight excluding hydrogens is 381 g/mol. The Kier molecular flexibility index (Phi) is 7.09. The predicted molar refractivity (Wildman–Crippen MR) is 77.3 cm³/mol. The quantitative estimate of drug-likeness (QED) is 0.271. The highest BCUT2D eigenvalue weighted by Crippen LogP contribution is 2.27. The number of halogens is 1. The van der Waals surface area contributed by atoms with E-state index in [1.165, 1.54) is 5.56 Å². The Morgan fingerprint density at radius 2 is 2.05 bits per heavy atom. The van der Waals surface area contributed by atoms with Gasteiger partial charge in [0.15, 0.2) is 6.10 Å². The Morgan fingerprint density at radius 3 is 2.76 bits per heavy atom. The van der Waals surface area contributed by atoms with Crippen LogP contribution in [0.2, 0.25) is 0 Å². The van der Waals surface area contributed by atoms with Crippen LogP contribution in [0.25, 0.3) is 0 Å². The summed E-state index contributed by atoms with van der Waals surface area (Å²) in [6.45, 7) is 2.02. The predicted octanol–water partition coefficient (Wildman–Crippen LogP) is -1.06. The lowest BCUT2D eigenvalue weighted by Gasteiger charge is -2.25. The largest absolute Gasteiger partial charge is 1.00 e. The van der Waals surface area contributed by atoms with E-state index in [9.17, 15) is 4.79 Å². The molecular formula is C16H24INO3. The van der Waals surface area contributed by atoms with Crippen LogP contribution in [0.1, 0.15) is 23.7 Å². The number of carbonyl (C=O) groups excluding carboxylic acids is 1. The summed E-state index contributed by atoms with van der Waals surface area (Å²) in [7, 11) is 6.38. The summed E-state index contributed by atoms with van der Waals surface area (Å²) in [5, 5.41) is 0. The van der Waals surface area contributed by atoms with Crippen LogP contribution in [0, 0.1) is 0 Å². The maximum atomic E-state index is 12.1. The molecule has 1 aliphatic heterocycles. The fourth-order valence-corrected chi connectivity index (χ4v) is 2.38. The highest BCUT2D eigenvalue weighted by Gasteiger charge is 2.28. The van der Waals surface area contributed by atoms with E-state index >= 15 is 0 Å². The second-order valence-corrected chi connectivity index (χ2v) is 6.23. The van der Waals surface area contributed by atoms with Crippen LogP contribution in [0.3, 0.4) is 0 Å². The summed E-state index contributed by atoms with van der Waals surface area (Å²) in [5.41, 5.74) is 2.14. The maximum Gasteiger partial charge on any atom is 0.339 e. The topological polar surface area (TPSA) is 35.5 Å². The van der Waals surface area contributed by atoms with Crippen molar-refractivity contribution in [3.05, 3.63) is 35.4 Å². The fourth-order valence-electron chi connectivity index (χ4n) is 2.38. The molecule has 0 bridgehead atoms. The molecule has 1 heterocycles. The smallest absolute Gasteiger partial charge is 0.339 e. The monoisotopic (exact) mass is 405 g/mol. The van der Waals surface area contributed by atoms with E-state index in [0.29, 0.717) is 13.2 Å². The molecule has 4 nitrogen and oxygen atoms in total. The number of esters is 1. The highest BCUT2D eigenvalue weighted by atomic mass is 127. The Bertz CT molecular complexity index is 471. The number of carbonyl (C=O) groups is 1. The van der Waals surface area contributed by atoms with Gasteiger partial charge in [-0.2, -0.15) is 0 Å². The van der Waals surface area contributed by atoms with Gasteiger partial charge >= 0.3 is 5.97 Å². The number of rotatable bonds is 5. The molecule has 2 rings (SSSR count). The first-order valence-electron chi connectivity index (χ1n) is 7.14. The molecule has 1 aliphatic rings. The van der Waals surface area contributed by atoms with E-state index in [-0.39, 0.29) is 29.9 Å². The van der Waals surface area contributed by atoms with Gasteiger partial charge in [-0.25, -0.2) is 4.79 Å². The van der Waals surface area contributed by atoms with Crippen molar-refractivity contribution >= 4 is 5.97 Å². The summed E-state index contributed by atoms with van der Waals surface area (Å²) in [4.78, 5) is 12.1. The van der Waals surface area contributed by atoms with Gasteiger partial charge in [-0.05, 0) is 17.5 Å². The van der Waals surface area contributed by atoms with Crippen molar-refractivity contribution in [2.45, 2.75) is 18.9 Å². The summed E-state index contributed by atoms with van der Waals surface area (Å²) >= 11 is 0. The van der Waals surface area contributed by atoms with Gasteiger partial charge in [-0.3, -0.25) is 0 Å². The number of fused-ring (bicyclic) bond motifs is 1. The van der Waals surface area contributed by atoms with Crippen molar-refractivity contribution in [3.8, 4) is 0 Å². The third-order valence-corrected chi connectivity index (χ3v) is 3.43. The minimum atomic E-state index is -0.552. The Hall–Kier alpha value is -0.660. The Labute approximate surface area is 144 Å². The van der Waals surface area contributed by atoms with Crippen LogP contribution in [0.4, 0.5) is 0 Å². The minimum Gasteiger partial charge on any atom is -1.00 e. The number of hydrogen-bond donors (Lipinski definition) is 0. The molecule has 0 fully saturated rings. The van der Waals surface area contributed by atoms with E-state index in [0.717, 1.165) is 29.4 Å². The Morgan fingerprint density at radius 1 is 1.33 bits per heavy atom. The maximum absolute atomic E-state index is 12.1. The van der Waals surface area contributed by atoms with Gasteiger partial charge in [0.25, 0.3) is 0 Å². The second kappa shape index (κ2) is 8.10. The van der Waals surface area contributed by atoms with E-state index in [1.54, 1.807) is 0 Å². The molecule has 21 heavy (non-hydrogen) atoms. The SMILES string of the molecule is C[N+](C)(C)CCCOC(=O)C1OCCc2ccccc21.[I-]. The lowest BCUT2D eigenvalue weighted by Crippen LogP contribution is -3.00. The molecule has 118 valence electrons. The first-order chi connectivity index (χ1) is 9.47. The molecule has 0 amide bonds. The van der Waals surface area contributed by atoms with Crippen LogP contribution >= 0.6 is 0 Å². The zero-order chi connectivity index (χ0) is 14.6. The van der Waals surface area contributed by atoms with E-state index in [1.807, 2.05) is 18.2 Å². The van der Waals surface area contributed by atoms with Gasteiger partial charge in [-0.15, -0.1) is 0 Å². The first kappa shape index (κ1) is 18.4. The molecule has 1 aromatic carbocycles. The fraction of sp³-hybridized carbons (Fsp3) is 0.562. The number of ether oxygens (including phenoxy) is 2. The number of nitrogens with zero attached hydrogens (tertiary/aromatic N) is 1. The molecule has 0 N–H and O–H groups in total. The lowest BCUT2D eigenvalue weighted by molar-refractivity contribution is -0.870. The summed E-state index contributed by atoms with van der Waals surface area (Å²) < 4.78 is 11.8. The first-order valence-corrected chi connectivity index (χ1v) is 7.14. The van der Waals surface area contributed by atoms with Crippen molar-refractivity contribution in [2.75, 3.05) is 40.9 Å². The van der Waals surface area contributed by atoms with E-state index < -0.39 is 6.10 Å². The van der Waals surface area contributed by atoms with Crippen molar-refractivity contribution < 1.29 is 42.7 Å². The number of hydrogen-bond acceptors (Lipinski definition) is 3. The summed E-state index contributed by atoms with van der Waals surface area (Å²) in [5.74, 6) is -0.265. The lowest BCUT2D eigenvalue weighted by atomic mass is 9.98. The minimum absolute atomic E-state index is 0. The molecule has 0 saturated carbocycles. The summed E-state index contributed by atoms with van der Waals surface area (Å²) in [6.07, 6.45) is 1.18. The second-order valence-electron chi connectivity index (χ2n) is 6.23. The standard InChI is InChI=1S/C16H24NO3.HI/c1-17(2,3)10-6-11-20-16(18)15-14-8-5-4-7-13(14)9-12-19-15;/h4-5,7-8,15H,6,9-12H2,1-3H3;1H/q+1;/p-1. The van der Waals surface area contributed by atoms with Crippen molar-refractivity contribution in [2.24, 2.45) is 0 Å². The third-order valence-electron chi connectivity index (χ3n) is 3.43. The van der Waals surface area contributed by atoms with Gasteiger partial charge in [0, 0.05) is 6.42 Å². The number of quaternary nitrogens is 1. The zero-order valence-electron chi connectivity index (χ0n) is 13.0. The molecule has 1 unspecified atom stereocenters. The normalized spacial score (nSPS) is 17.6. The molecule has 1 aromatic rings. The van der Waals surface area contributed by atoms with Crippen molar-refractivity contribution in [1.82, 2.24) is 0 Å². The molecule has 0 aromatic heterocycles. The van der Waals surface area contributed by atoms with E-state index in [2.05, 4.69) is 27.2 Å². The van der Waals surface area contributed by atoms with Gasteiger partial charge in [0.1, 0.15) is 0 Å².